The molecule has 4 heteroatoms. The number of rotatable bonds is 2. The molecule has 2 rings (SSSR count). The summed E-state index contributed by atoms with van der Waals surface area (Å²) in [6.07, 6.45) is 2.88. The third kappa shape index (κ3) is 2.13. The molecule has 2 saturated carbocycles. The number of hydrogen-bond acceptors (Lipinski definition) is 3. The predicted molar refractivity (Wildman–Crippen MR) is 54.4 cm³/mol. The van der Waals surface area contributed by atoms with E-state index in [2.05, 4.69) is 5.32 Å². The number of hydrogen-bond donors (Lipinski definition) is 1. The highest BCUT2D eigenvalue weighted by atomic mass is 16.6. The molecule has 84 valence electrons. The second kappa shape index (κ2) is 3.51. The minimum atomic E-state index is -0.338. The lowest BCUT2D eigenvalue weighted by molar-refractivity contribution is -0.139. The zero-order valence-electron chi connectivity index (χ0n) is 9.21. The van der Waals surface area contributed by atoms with Crippen molar-refractivity contribution in [3.05, 3.63) is 0 Å². The van der Waals surface area contributed by atoms with Gasteiger partial charge in [-0.25, -0.2) is 4.79 Å². The van der Waals surface area contributed by atoms with Crippen molar-refractivity contribution in [1.82, 2.24) is 5.32 Å². The zero-order chi connectivity index (χ0) is 11.1. The van der Waals surface area contributed by atoms with E-state index in [1.54, 1.807) is 0 Å². The van der Waals surface area contributed by atoms with Crippen LogP contribution in [0.3, 0.4) is 0 Å². The van der Waals surface area contributed by atoms with E-state index in [4.69, 9.17) is 4.74 Å². The van der Waals surface area contributed by atoms with E-state index in [0.717, 1.165) is 12.8 Å². The summed E-state index contributed by atoms with van der Waals surface area (Å²) in [4.78, 5) is 22.1. The Bertz CT molecular complexity index is 282. The summed E-state index contributed by atoms with van der Waals surface area (Å²) in [5, 5.41) is 2.81. The van der Waals surface area contributed by atoms with Crippen LogP contribution in [0.25, 0.3) is 0 Å². The first-order valence-electron chi connectivity index (χ1n) is 5.48. The van der Waals surface area contributed by atoms with Crippen LogP contribution in [0.5, 0.6) is 0 Å². The van der Waals surface area contributed by atoms with Gasteiger partial charge >= 0.3 is 6.09 Å². The number of ketones is 1. The Kier molecular flexibility index (Phi) is 2.44. The van der Waals surface area contributed by atoms with Crippen LogP contribution in [-0.2, 0) is 9.53 Å². The summed E-state index contributed by atoms with van der Waals surface area (Å²) in [6, 6.07) is 0.212. The third-order valence-electron chi connectivity index (χ3n) is 3.17. The summed E-state index contributed by atoms with van der Waals surface area (Å²) in [7, 11) is 0. The van der Waals surface area contributed by atoms with Gasteiger partial charge < -0.3 is 10.1 Å². The van der Waals surface area contributed by atoms with Crippen LogP contribution in [0.1, 0.15) is 39.5 Å². The van der Waals surface area contributed by atoms with Crippen LogP contribution in [0.2, 0.25) is 0 Å². The number of amides is 1. The molecule has 0 radical (unpaired) electrons. The number of carbonyl (C=O) groups is 2. The summed E-state index contributed by atoms with van der Waals surface area (Å²) in [5.74, 6) is 0.359. The van der Waals surface area contributed by atoms with Gasteiger partial charge in [-0.3, -0.25) is 4.79 Å². The van der Waals surface area contributed by atoms with Crippen molar-refractivity contribution in [2.75, 3.05) is 0 Å². The maximum atomic E-state index is 11.2. The van der Waals surface area contributed by atoms with E-state index in [1.165, 1.54) is 0 Å². The topological polar surface area (TPSA) is 55.4 Å². The van der Waals surface area contributed by atoms with Crippen molar-refractivity contribution in [1.29, 1.82) is 0 Å². The highest BCUT2D eigenvalue weighted by Gasteiger charge is 2.53. The smallest absolute Gasteiger partial charge is 0.407 e. The molecule has 0 aliphatic heterocycles. The Morgan fingerprint density at radius 1 is 1.47 bits per heavy atom. The molecule has 1 amide bonds. The minimum absolute atomic E-state index is 0.0793. The number of ether oxygens (including phenoxy) is 1. The van der Waals surface area contributed by atoms with Gasteiger partial charge in [0.1, 0.15) is 5.78 Å². The molecule has 1 N–H and O–H groups in total. The average molecular weight is 211 g/mol. The van der Waals surface area contributed by atoms with Gasteiger partial charge in [-0.05, 0) is 32.1 Å². The second-order valence-electron chi connectivity index (χ2n) is 5.10. The van der Waals surface area contributed by atoms with E-state index in [0.29, 0.717) is 18.6 Å². The monoisotopic (exact) mass is 211 g/mol. The first kappa shape index (κ1) is 10.5. The summed E-state index contributed by atoms with van der Waals surface area (Å²) in [6.45, 7) is 3.65. The van der Waals surface area contributed by atoms with E-state index in [9.17, 15) is 9.59 Å². The van der Waals surface area contributed by atoms with Crippen molar-refractivity contribution in [3.63, 3.8) is 0 Å². The molecule has 0 heterocycles. The van der Waals surface area contributed by atoms with Gasteiger partial charge in [-0.2, -0.15) is 0 Å². The molecule has 2 fully saturated rings. The van der Waals surface area contributed by atoms with E-state index >= 15 is 0 Å². The number of alkyl carbamates (subject to hydrolysis) is 1. The molecule has 0 bridgehead atoms. The molecule has 4 nitrogen and oxygen atoms in total. The zero-order valence-corrected chi connectivity index (χ0v) is 9.21. The fourth-order valence-electron chi connectivity index (χ4n) is 2.58. The Labute approximate surface area is 89.4 Å². The van der Waals surface area contributed by atoms with Crippen LogP contribution in [0.15, 0.2) is 0 Å². The molecule has 0 aromatic rings. The SMILES string of the molecule is CC(C)OC(=O)NC1CC2(CC(=O)C2)C1. The maximum Gasteiger partial charge on any atom is 0.407 e. The summed E-state index contributed by atoms with van der Waals surface area (Å²) in [5.41, 5.74) is 0.243. The molecule has 2 aliphatic carbocycles. The summed E-state index contributed by atoms with van der Waals surface area (Å²) >= 11 is 0. The molecule has 0 aromatic heterocycles. The number of Topliss-reactive ketones (excluding diaryl/α,β-unsaturated/α-hetero) is 1. The van der Waals surface area contributed by atoms with Gasteiger partial charge in [0.05, 0.1) is 6.10 Å². The van der Waals surface area contributed by atoms with E-state index in [-0.39, 0.29) is 23.7 Å². The fourth-order valence-corrected chi connectivity index (χ4v) is 2.58. The normalized spacial score (nSPS) is 23.5. The molecular weight excluding hydrogens is 194 g/mol. The Morgan fingerprint density at radius 3 is 2.53 bits per heavy atom. The second-order valence-corrected chi connectivity index (χ2v) is 5.10. The lowest BCUT2D eigenvalue weighted by atomic mass is 9.53. The molecule has 2 aliphatic rings. The fraction of sp³-hybridized carbons (Fsp3) is 0.818. The Morgan fingerprint density at radius 2 is 2.07 bits per heavy atom. The van der Waals surface area contributed by atoms with Gasteiger partial charge in [0.15, 0.2) is 0 Å². The number of carbonyl (C=O) groups excluding carboxylic acids is 2. The van der Waals surface area contributed by atoms with Crippen LogP contribution >= 0.6 is 0 Å². The van der Waals surface area contributed by atoms with E-state index in [1.807, 2.05) is 13.8 Å². The van der Waals surface area contributed by atoms with Crippen molar-refractivity contribution in [2.45, 2.75) is 51.7 Å². The van der Waals surface area contributed by atoms with Gasteiger partial charge in [-0.15, -0.1) is 0 Å². The standard InChI is InChI=1S/C11H17NO3/c1-7(2)15-10(14)12-8-3-11(4-8)5-9(13)6-11/h7-8H,3-6H2,1-2H3,(H,12,14). The van der Waals surface area contributed by atoms with Gasteiger partial charge in [-0.1, -0.05) is 0 Å². The average Bonchev–Trinajstić information content (AvgIpc) is 1.95. The summed E-state index contributed by atoms with van der Waals surface area (Å²) < 4.78 is 4.98. The molecule has 0 unspecified atom stereocenters. The first-order valence-corrected chi connectivity index (χ1v) is 5.48. The van der Waals surface area contributed by atoms with Crippen molar-refractivity contribution >= 4 is 11.9 Å². The van der Waals surface area contributed by atoms with Crippen LogP contribution in [-0.4, -0.2) is 24.0 Å². The van der Waals surface area contributed by atoms with Gasteiger partial charge in [0, 0.05) is 18.9 Å². The number of nitrogens with one attached hydrogen (secondary N) is 1. The molecule has 0 saturated heterocycles. The molecule has 15 heavy (non-hydrogen) atoms. The Hall–Kier alpha value is -1.06. The molecule has 0 atom stereocenters. The molecule has 1 spiro atoms. The largest absolute Gasteiger partial charge is 0.447 e. The van der Waals surface area contributed by atoms with Crippen LogP contribution in [0.4, 0.5) is 4.79 Å². The third-order valence-corrected chi connectivity index (χ3v) is 3.17. The highest BCUT2D eigenvalue weighted by molar-refractivity contribution is 5.86. The molecular formula is C11H17NO3. The highest BCUT2D eigenvalue weighted by Crippen LogP contribution is 2.53. The van der Waals surface area contributed by atoms with Crippen molar-refractivity contribution in [2.24, 2.45) is 5.41 Å². The van der Waals surface area contributed by atoms with Crippen LogP contribution in [0, 0.1) is 5.41 Å². The van der Waals surface area contributed by atoms with Crippen molar-refractivity contribution in [3.8, 4) is 0 Å². The lowest BCUT2D eigenvalue weighted by Gasteiger charge is -2.52. The molecule has 0 aromatic carbocycles. The van der Waals surface area contributed by atoms with Crippen molar-refractivity contribution < 1.29 is 14.3 Å². The van der Waals surface area contributed by atoms with Gasteiger partial charge in [0.25, 0.3) is 0 Å². The lowest BCUT2D eigenvalue weighted by Crippen LogP contribution is -2.56. The predicted octanol–water partition coefficient (Wildman–Crippen LogP) is 1.63. The van der Waals surface area contributed by atoms with Crippen LogP contribution < -0.4 is 5.32 Å². The minimum Gasteiger partial charge on any atom is -0.447 e. The van der Waals surface area contributed by atoms with E-state index < -0.39 is 0 Å². The Balaban J connectivity index is 1.67. The quantitative estimate of drug-likeness (QED) is 0.755. The maximum absolute atomic E-state index is 11.2. The first-order chi connectivity index (χ1) is 6.99. The van der Waals surface area contributed by atoms with Gasteiger partial charge in [0.2, 0.25) is 0 Å².